The molecule has 2 rings (SSSR count). The number of hydrogen-bond donors (Lipinski definition) is 1. The highest BCUT2D eigenvalue weighted by molar-refractivity contribution is 7.92. The van der Waals surface area contributed by atoms with Crippen LogP contribution in [0, 0.1) is 5.92 Å². The Balaban J connectivity index is 2.04. The fourth-order valence-corrected chi connectivity index (χ4v) is 4.23. The largest absolute Gasteiger partial charge is 0.352 e. The second kappa shape index (κ2) is 11.4. The summed E-state index contributed by atoms with van der Waals surface area (Å²) >= 11 is 5.91. The lowest BCUT2D eigenvalue weighted by atomic mass is 9.99. The van der Waals surface area contributed by atoms with Crippen LogP contribution in [0.4, 0.5) is 5.69 Å². The molecule has 5 nitrogen and oxygen atoms in total. The smallest absolute Gasteiger partial charge is 0.251 e. The van der Waals surface area contributed by atoms with E-state index in [0.717, 1.165) is 24.8 Å². The van der Waals surface area contributed by atoms with Gasteiger partial charge in [-0.1, -0.05) is 56.8 Å². The summed E-state index contributed by atoms with van der Waals surface area (Å²) in [6.45, 7) is 5.17. The van der Waals surface area contributed by atoms with Gasteiger partial charge in [0.15, 0.2) is 0 Å². The molecule has 0 aliphatic heterocycles. The van der Waals surface area contributed by atoms with E-state index in [9.17, 15) is 13.2 Å². The van der Waals surface area contributed by atoms with Gasteiger partial charge in [-0.15, -0.1) is 0 Å². The molecule has 0 unspecified atom stereocenters. The molecule has 1 amide bonds. The minimum Gasteiger partial charge on any atom is -0.352 e. The van der Waals surface area contributed by atoms with Gasteiger partial charge in [-0.2, -0.15) is 0 Å². The molecule has 0 radical (unpaired) electrons. The Hall–Kier alpha value is -2.05. The van der Waals surface area contributed by atoms with Crippen molar-refractivity contribution in [2.45, 2.75) is 46.1 Å². The number of sulfonamides is 1. The average molecular weight is 451 g/mol. The number of carbonyl (C=O) groups excluding carboxylic acids is 1. The molecule has 2 aromatic carbocycles. The van der Waals surface area contributed by atoms with Gasteiger partial charge in [-0.25, -0.2) is 8.42 Å². The zero-order chi connectivity index (χ0) is 22.1. The van der Waals surface area contributed by atoms with Gasteiger partial charge in [0.05, 0.1) is 18.5 Å². The highest BCUT2D eigenvalue weighted by Gasteiger charge is 2.18. The first kappa shape index (κ1) is 24.2. The topological polar surface area (TPSA) is 66.5 Å². The molecule has 0 saturated heterocycles. The second-order valence-corrected chi connectivity index (χ2v) is 9.91. The zero-order valence-electron chi connectivity index (χ0n) is 17.9. The van der Waals surface area contributed by atoms with E-state index < -0.39 is 10.0 Å². The number of amides is 1. The first-order valence-corrected chi connectivity index (χ1v) is 12.6. The van der Waals surface area contributed by atoms with Crippen LogP contribution in [-0.4, -0.2) is 27.1 Å². The van der Waals surface area contributed by atoms with E-state index in [-0.39, 0.29) is 12.5 Å². The minimum atomic E-state index is -3.47. The van der Waals surface area contributed by atoms with E-state index in [2.05, 4.69) is 19.2 Å². The van der Waals surface area contributed by atoms with Crippen molar-refractivity contribution in [3.05, 3.63) is 64.7 Å². The molecule has 0 spiro atoms. The standard InChI is InChI=1S/C23H31ClN2O3S/c1-4-6-7-18(5-2)16-25-23(27)20-10-8-19(9-11-20)17-26(30(3,28)29)22-14-12-21(24)13-15-22/h8-15,18H,4-7,16-17H2,1-3H3,(H,25,27)/t18-/m1/s1. The quantitative estimate of drug-likeness (QED) is 0.508. The Kier molecular flexibility index (Phi) is 9.18. The summed E-state index contributed by atoms with van der Waals surface area (Å²) in [5.41, 5.74) is 1.91. The van der Waals surface area contributed by atoms with Gasteiger partial charge in [-0.3, -0.25) is 9.10 Å². The Labute approximate surface area is 185 Å². The summed E-state index contributed by atoms with van der Waals surface area (Å²) in [6, 6.07) is 13.7. The fourth-order valence-electron chi connectivity index (χ4n) is 3.22. The number of hydrogen-bond acceptors (Lipinski definition) is 3. The van der Waals surface area contributed by atoms with E-state index in [1.165, 1.54) is 17.0 Å². The van der Waals surface area contributed by atoms with Crippen molar-refractivity contribution in [2.75, 3.05) is 17.1 Å². The van der Waals surface area contributed by atoms with Gasteiger partial charge >= 0.3 is 0 Å². The molecule has 0 aliphatic rings. The zero-order valence-corrected chi connectivity index (χ0v) is 19.5. The van der Waals surface area contributed by atoms with Crippen molar-refractivity contribution >= 4 is 33.2 Å². The van der Waals surface area contributed by atoms with Crippen LogP contribution in [0.25, 0.3) is 0 Å². The lowest BCUT2D eigenvalue weighted by Gasteiger charge is -2.22. The van der Waals surface area contributed by atoms with Crippen LogP contribution in [0.15, 0.2) is 48.5 Å². The maximum Gasteiger partial charge on any atom is 0.251 e. The lowest BCUT2D eigenvalue weighted by molar-refractivity contribution is 0.0946. The van der Waals surface area contributed by atoms with Crippen LogP contribution in [0.5, 0.6) is 0 Å². The predicted octanol–water partition coefficient (Wildman–Crippen LogP) is 5.25. The summed E-state index contributed by atoms with van der Waals surface area (Å²) in [7, 11) is -3.47. The van der Waals surface area contributed by atoms with E-state index >= 15 is 0 Å². The van der Waals surface area contributed by atoms with Crippen molar-refractivity contribution in [1.29, 1.82) is 0 Å². The highest BCUT2D eigenvalue weighted by atomic mass is 35.5. The molecule has 0 saturated carbocycles. The number of benzene rings is 2. The number of anilines is 1. The van der Waals surface area contributed by atoms with Crippen LogP contribution < -0.4 is 9.62 Å². The fraction of sp³-hybridized carbons (Fsp3) is 0.435. The monoisotopic (exact) mass is 450 g/mol. The van der Waals surface area contributed by atoms with Gasteiger partial charge in [0, 0.05) is 17.1 Å². The molecular weight excluding hydrogens is 420 g/mol. The number of carbonyl (C=O) groups is 1. The highest BCUT2D eigenvalue weighted by Crippen LogP contribution is 2.23. The lowest BCUT2D eigenvalue weighted by Crippen LogP contribution is -2.30. The first-order chi connectivity index (χ1) is 14.2. The van der Waals surface area contributed by atoms with E-state index in [1.54, 1.807) is 48.5 Å². The van der Waals surface area contributed by atoms with Crippen LogP contribution in [0.2, 0.25) is 5.02 Å². The van der Waals surface area contributed by atoms with Crippen molar-refractivity contribution in [2.24, 2.45) is 5.92 Å². The molecule has 30 heavy (non-hydrogen) atoms. The Morgan fingerprint density at radius 1 is 1.07 bits per heavy atom. The van der Waals surface area contributed by atoms with Crippen molar-refractivity contribution in [1.82, 2.24) is 5.32 Å². The molecule has 0 bridgehead atoms. The molecule has 7 heteroatoms. The van der Waals surface area contributed by atoms with Crippen LogP contribution >= 0.6 is 11.6 Å². The number of nitrogens with zero attached hydrogens (tertiary/aromatic N) is 1. The van der Waals surface area contributed by atoms with E-state index in [1.807, 2.05) is 0 Å². The summed E-state index contributed by atoms with van der Waals surface area (Å²) in [4.78, 5) is 12.5. The molecule has 0 aromatic heterocycles. The molecule has 164 valence electrons. The maximum absolute atomic E-state index is 12.5. The van der Waals surface area contributed by atoms with Crippen LogP contribution in [0.1, 0.15) is 55.5 Å². The van der Waals surface area contributed by atoms with Gasteiger partial charge in [-0.05, 0) is 54.3 Å². The third kappa shape index (κ3) is 7.33. The number of nitrogens with one attached hydrogen (secondary N) is 1. The molecule has 1 N–H and O–H groups in total. The van der Waals surface area contributed by atoms with Gasteiger partial charge in [0.25, 0.3) is 5.91 Å². The third-order valence-electron chi connectivity index (χ3n) is 5.15. The number of rotatable bonds is 11. The van der Waals surface area contributed by atoms with Crippen molar-refractivity contribution in [3.8, 4) is 0 Å². The van der Waals surface area contributed by atoms with E-state index in [4.69, 9.17) is 11.6 Å². The predicted molar refractivity (Wildman–Crippen MR) is 125 cm³/mol. The molecule has 0 fully saturated rings. The normalized spacial score (nSPS) is 12.4. The molecule has 0 heterocycles. The summed E-state index contributed by atoms with van der Waals surface area (Å²) < 4.78 is 25.9. The third-order valence-corrected chi connectivity index (χ3v) is 6.54. The number of halogens is 1. The average Bonchev–Trinajstić information content (AvgIpc) is 2.72. The maximum atomic E-state index is 12.5. The summed E-state index contributed by atoms with van der Waals surface area (Å²) in [5, 5.41) is 3.56. The summed E-state index contributed by atoms with van der Waals surface area (Å²) in [6.07, 6.45) is 5.68. The SMILES string of the molecule is CCCC[C@@H](CC)CNC(=O)c1ccc(CN(c2ccc(Cl)cc2)S(C)(=O)=O)cc1. The van der Waals surface area contributed by atoms with Gasteiger partial charge in [0.1, 0.15) is 0 Å². The Morgan fingerprint density at radius 3 is 2.23 bits per heavy atom. The second-order valence-electron chi connectivity index (χ2n) is 7.57. The molecule has 0 aliphatic carbocycles. The molecular formula is C23H31ClN2O3S. The molecule has 2 aromatic rings. The van der Waals surface area contributed by atoms with Gasteiger partial charge < -0.3 is 5.32 Å². The molecule has 1 atom stereocenters. The number of unbranched alkanes of at least 4 members (excludes halogenated alkanes) is 1. The van der Waals surface area contributed by atoms with Crippen LogP contribution in [0.3, 0.4) is 0 Å². The Morgan fingerprint density at radius 2 is 1.70 bits per heavy atom. The van der Waals surface area contributed by atoms with E-state index in [0.29, 0.717) is 28.7 Å². The van der Waals surface area contributed by atoms with Crippen LogP contribution in [-0.2, 0) is 16.6 Å². The van der Waals surface area contributed by atoms with Gasteiger partial charge in [0.2, 0.25) is 10.0 Å². The van der Waals surface area contributed by atoms with Crippen molar-refractivity contribution < 1.29 is 13.2 Å². The minimum absolute atomic E-state index is 0.103. The first-order valence-electron chi connectivity index (χ1n) is 10.3. The summed E-state index contributed by atoms with van der Waals surface area (Å²) in [5.74, 6) is 0.394. The Bertz CT molecular complexity index is 912. The van der Waals surface area contributed by atoms with Crippen molar-refractivity contribution in [3.63, 3.8) is 0 Å².